The van der Waals surface area contributed by atoms with Crippen LogP contribution in [0.25, 0.3) is 0 Å². The number of amides is 1. The second-order valence-electron chi connectivity index (χ2n) is 4.62. The molecule has 0 aliphatic heterocycles. The molecule has 1 amide bonds. The van der Waals surface area contributed by atoms with Crippen LogP contribution in [-0.4, -0.2) is 29.7 Å². The lowest BCUT2D eigenvalue weighted by Gasteiger charge is -2.23. The molecule has 16 heavy (non-hydrogen) atoms. The van der Waals surface area contributed by atoms with Gasteiger partial charge in [0.25, 0.3) is 0 Å². The van der Waals surface area contributed by atoms with Crippen LogP contribution >= 0.6 is 0 Å². The van der Waals surface area contributed by atoms with Gasteiger partial charge in [-0.05, 0) is 18.8 Å². The lowest BCUT2D eigenvalue weighted by molar-refractivity contribution is -0.123. The summed E-state index contributed by atoms with van der Waals surface area (Å²) >= 11 is 0. The molecule has 4 N–H and O–H groups in total. The summed E-state index contributed by atoms with van der Waals surface area (Å²) in [5.74, 6) is 0.218. The van der Waals surface area contributed by atoms with Gasteiger partial charge in [0.05, 0.1) is 6.04 Å². The number of hydrogen-bond acceptors (Lipinski definition) is 3. The molecule has 0 spiro atoms. The molecule has 2 unspecified atom stereocenters. The molecule has 0 fully saturated rings. The Kier molecular flexibility index (Phi) is 8.21. The number of nitrogens with two attached hydrogens (primary N) is 1. The molecule has 0 rings (SSSR count). The van der Waals surface area contributed by atoms with Crippen molar-refractivity contribution in [2.45, 2.75) is 58.5 Å². The summed E-state index contributed by atoms with van der Waals surface area (Å²) < 4.78 is 0. The highest BCUT2D eigenvalue weighted by Crippen LogP contribution is 2.06. The Morgan fingerprint density at radius 3 is 2.44 bits per heavy atom. The lowest BCUT2D eigenvalue weighted by atomic mass is 10.0. The van der Waals surface area contributed by atoms with Crippen molar-refractivity contribution in [3.05, 3.63) is 0 Å². The van der Waals surface area contributed by atoms with Crippen LogP contribution in [0.3, 0.4) is 0 Å². The maximum absolute atomic E-state index is 11.7. The van der Waals surface area contributed by atoms with Crippen molar-refractivity contribution in [2.24, 2.45) is 11.7 Å². The van der Waals surface area contributed by atoms with Gasteiger partial charge in [0.15, 0.2) is 0 Å². The van der Waals surface area contributed by atoms with Crippen LogP contribution in [-0.2, 0) is 4.79 Å². The number of carbonyl (C=O) groups excluding carboxylic acids is 1. The van der Waals surface area contributed by atoms with Crippen molar-refractivity contribution >= 4 is 5.91 Å². The van der Waals surface area contributed by atoms with Crippen molar-refractivity contribution in [3.63, 3.8) is 0 Å². The molecule has 96 valence electrons. The summed E-state index contributed by atoms with van der Waals surface area (Å²) in [5.41, 5.74) is 5.77. The number of aliphatic hydroxyl groups excluding tert-OH is 1. The van der Waals surface area contributed by atoms with E-state index in [-0.39, 0.29) is 18.6 Å². The fourth-order valence-corrected chi connectivity index (χ4v) is 1.56. The molecular weight excluding hydrogens is 204 g/mol. The van der Waals surface area contributed by atoms with Crippen LogP contribution in [0.2, 0.25) is 0 Å². The van der Waals surface area contributed by atoms with Crippen LogP contribution in [0.1, 0.15) is 46.5 Å². The Balaban J connectivity index is 4.07. The van der Waals surface area contributed by atoms with E-state index in [9.17, 15) is 4.79 Å². The maximum atomic E-state index is 11.7. The molecular formula is C12H26N2O2. The summed E-state index contributed by atoms with van der Waals surface area (Å²) in [6, 6.07) is -0.398. The molecule has 0 radical (unpaired) electrons. The number of hydrogen-bond donors (Lipinski definition) is 3. The van der Waals surface area contributed by atoms with Crippen LogP contribution < -0.4 is 11.1 Å². The van der Waals surface area contributed by atoms with E-state index >= 15 is 0 Å². The van der Waals surface area contributed by atoms with Crippen LogP contribution in [0, 0.1) is 5.92 Å². The predicted octanol–water partition coefficient (Wildman–Crippen LogP) is 1.03. The largest absolute Gasteiger partial charge is 0.396 e. The quantitative estimate of drug-likeness (QED) is 0.583. The Morgan fingerprint density at radius 1 is 1.38 bits per heavy atom. The van der Waals surface area contributed by atoms with Crippen molar-refractivity contribution in [2.75, 3.05) is 6.61 Å². The van der Waals surface area contributed by atoms with Crippen LogP contribution in [0.15, 0.2) is 0 Å². The second-order valence-corrected chi connectivity index (χ2v) is 4.62. The van der Waals surface area contributed by atoms with Gasteiger partial charge in [-0.1, -0.05) is 33.6 Å². The Hall–Kier alpha value is -0.610. The van der Waals surface area contributed by atoms with Gasteiger partial charge >= 0.3 is 0 Å². The minimum absolute atomic E-state index is 0.0187. The monoisotopic (exact) mass is 230 g/mol. The average Bonchev–Trinajstić information content (AvgIpc) is 2.24. The standard InChI is InChI=1S/C12H26N2O2/c1-4-5-6-10(13)12(16)14-11(7-8-15)9(2)3/h9-11,15H,4-8,13H2,1-3H3,(H,14,16). The van der Waals surface area contributed by atoms with Gasteiger partial charge in [-0.3, -0.25) is 4.79 Å². The van der Waals surface area contributed by atoms with Gasteiger partial charge in [0, 0.05) is 12.6 Å². The first-order valence-corrected chi connectivity index (χ1v) is 6.19. The molecule has 0 aliphatic carbocycles. The molecule has 0 saturated carbocycles. The molecule has 0 aromatic rings. The van der Waals surface area contributed by atoms with E-state index in [4.69, 9.17) is 10.8 Å². The van der Waals surface area contributed by atoms with Gasteiger partial charge in [0.2, 0.25) is 5.91 Å². The Labute approximate surface area is 98.6 Å². The van der Waals surface area contributed by atoms with Crippen LogP contribution in [0.5, 0.6) is 0 Å². The molecule has 2 atom stereocenters. The third-order valence-corrected chi connectivity index (χ3v) is 2.78. The maximum Gasteiger partial charge on any atom is 0.237 e. The van der Waals surface area contributed by atoms with E-state index in [2.05, 4.69) is 12.2 Å². The number of unbranched alkanes of at least 4 members (excludes halogenated alkanes) is 1. The van der Waals surface area contributed by atoms with E-state index in [1.54, 1.807) is 0 Å². The van der Waals surface area contributed by atoms with E-state index in [1.807, 2.05) is 13.8 Å². The van der Waals surface area contributed by atoms with Crippen molar-refractivity contribution < 1.29 is 9.90 Å². The number of aliphatic hydroxyl groups is 1. The summed E-state index contributed by atoms with van der Waals surface area (Å²) in [5, 5.41) is 11.8. The third-order valence-electron chi connectivity index (χ3n) is 2.78. The number of carbonyl (C=O) groups is 1. The summed E-state index contributed by atoms with van der Waals surface area (Å²) in [6.45, 7) is 6.22. The van der Waals surface area contributed by atoms with Gasteiger partial charge in [-0.2, -0.15) is 0 Å². The number of rotatable bonds is 8. The van der Waals surface area contributed by atoms with Crippen molar-refractivity contribution in [1.82, 2.24) is 5.32 Å². The zero-order valence-corrected chi connectivity index (χ0v) is 10.7. The smallest absolute Gasteiger partial charge is 0.237 e. The molecule has 0 aromatic heterocycles. The van der Waals surface area contributed by atoms with Gasteiger partial charge < -0.3 is 16.2 Å². The van der Waals surface area contributed by atoms with E-state index < -0.39 is 6.04 Å². The summed E-state index contributed by atoms with van der Waals surface area (Å²) in [7, 11) is 0. The molecule has 0 saturated heterocycles. The normalized spacial score (nSPS) is 14.9. The number of nitrogens with one attached hydrogen (secondary N) is 1. The predicted molar refractivity (Wildman–Crippen MR) is 66.0 cm³/mol. The highest BCUT2D eigenvalue weighted by atomic mass is 16.3. The average molecular weight is 230 g/mol. The zero-order valence-electron chi connectivity index (χ0n) is 10.7. The summed E-state index contributed by atoms with van der Waals surface area (Å²) in [6.07, 6.45) is 3.34. The molecule has 0 bridgehead atoms. The summed E-state index contributed by atoms with van der Waals surface area (Å²) in [4.78, 5) is 11.7. The molecule has 0 aromatic carbocycles. The minimum atomic E-state index is -0.417. The third kappa shape index (κ3) is 6.08. The van der Waals surface area contributed by atoms with Gasteiger partial charge in [-0.25, -0.2) is 0 Å². The fourth-order valence-electron chi connectivity index (χ4n) is 1.56. The topological polar surface area (TPSA) is 75.4 Å². The van der Waals surface area contributed by atoms with Gasteiger partial charge in [0.1, 0.15) is 0 Å². The van der Waals surface area contributed by atoms with Gasteiger partial charge in [-0.15, -0.1) is 0 Å². The highest BCUT2D eigenvalue weighted by molar-refractivity contribution is 5.81. The first-order chi connectivity index (χ1) is 7.52. The molecule has 4 heteroatoms. The Morgan fingerprint density at radius 2 is 2.00 bits per heavy atom. The second kappa shape index (κ2) is 8.53. The fraction of sp³-hybridized carbons (Fsp3) is 0.917. The van der Waals surface area contributed by atoms with E-state index in [0.29, 0.717) is 12.3 Å². The lowest BCUT2D eigenvalue weighted by Crippen LogP contribution is -2.47. The first kappa shape index (κ1) is 15.4. The zero-order chi connectivity index (χ0) is 12.6. The molecule has 4 nitrogen and oxygen atoms in total. The SMILES string of the molecule is CCCCC(N)C(=O)NC(CCO)C(C)C. The highest BCUT2D eigenvalue weighted by Gasteiger charge is 2.19. The first-order valence-electron chi connectivity index (χ1n) is 6.19. The van der Waals surface area contributed by atoms with Crippen molar-refractivity contribution in [1.29, 1.82) is 0 Å². The minimum Gasteiger partial charge on any atom is -0.396 e. The molecule has 0 heterocycles. The van der Waals surface area contributed by atoms with Crippen molar-refractivity contribution in [3.8, 4) is 0 Å². The molecule has 0 aliphatic rings. The van der Waals surface area contributed by atoms with E-state index in [0.717, 1.165) is 19.3 Å². The van der Waals surface area contributed by atoms with Crippen LogP contribution in [0.4, 0.5) is 0 Å². The Bertz CT molecular complexity index is 195. The van der Waals surface area contributed by atoms with E-state index in [1.165, 1.54) is 0 Å².